The Labute approximate surface area is 158 Å². The molecule has 1 aliphatic heterocycles. The van der Waals surface area contributed by atoms with Crippen molar-refractivity contribution >= 4 is 5.91 Å². The molecule has 142 valence electrons. The van der Waals surface area contributed by atoms with Gasteiger partial charge in [0.25, 0.3) is 5.91 Å². The Hall–Kier alpha value is -2.83. The Morgan fingerprint density at radius 2 is 1.81 bits per heavy atom. The first-order chi connectivity index (χ1) is 13.1. The Morgan fingerprint density at radius 1 is 1.15 bits per heavy atom. The SMILES string of the molecule is COc1ccc([C@@H]2C=C(C(N)=O)O[C@H](OCc3ccc(CO)cc3)C2)cc1. The molecule has 3 rings (SSSR count). The molecule has 0 fully saturated rings. The second-order valence-electron chi connectivity index (χ2n) is 6.34. The van der Waals surface area contributed by atoms with E-state index in [2.05, 4.69) is 0 Å². The van der Waals surface area contributed by atoms with Gasteiger partial charge in [0.15, 0.2) is 5.76 Å². The van der Waals surface area contributed by atoms with Crippen molar-refractivity contribution in [1.82, 2.24) is 0 Å². The number of hydrogen-bond donors (Lipinski definition) is 2. The molecule has 0 radical (unpaired) electrons. The Kier molecular flexibility index (Phi) is 6.11. The molecule has 0 bridgehead atoms. The molecule has 1 amide bonds. The van der Waals surface area contributed by atoms with Crippen molar-refractivity contribution in [1.29, 1.82) is 0 Å². The number of primary amides is 1. The summed E-state index contributed by atoms with van der Waals surface area (Å²) in [7, 11) is 1.62. The molecule has 0 aromatic heterocycles. The van der Waals surface area contributed by atoms with Gasteiger partial charge in [0.2, 0.25) is 6.29 Å². The number of benzene rings is 2. The summed E-state index contributed by atoms with van der Waals surface area (Å²) in [6.07, 6.45) is 1.72. The van der Waals surface area contributed by atoms with Crippen molar-refractivity contribution < 1.29 is 24.1 Å². The number of aliphatic hydroxyl groups excluding tert-OH is 1. The van der Waals surface area contributed by atoms with Crippen LogP contribution in [-0.2, 0) is 27.5 Å². The number of carbonyl (C=O) groups excluding carboxylic acids is 1. The van der Waals surface area contributed by atoms with E-state index in [0.29, 0.717) is 13.0 Å². The molecule has 2 atom stereocenters. The van der Waals surface area contributed by atoms with Gasteiger partial charge in [-0.05, 0) is 34.9 Å². The van der Waals surface area contributed by atoms with Crippen LogP contribution in [0.5, 0.6) is 5.75 Å². The fourth-order valence-electron chi connectivity index (χ4n) is 2.94. The molecular weight excluding hydrogens is 346 g/mol. The minimum atomic E-state index is -0.617. The molecule has 1 aliphatic rings. The summed E-state index contributed by atoms with van der Waals surface area (Å²) in [5.74, 6) is 0.217. The van der Waals surface area contributed by atoms with Crippen LogP contribution < -0.4 is 10.5 Å². The van der Waals surface area contributed by atoms with Gasteiger partial charge >= 0.3 is 0 Å². The highest BCUT2D eigenvalue weighted by atomic mass is 16.7. The van der Waals surface area contributed by atoms with Crippen LogP contribution in [0.15, 0.2) is 60.4 Å². The Morgan fingerprint density at radius 3 is 2.41 bits per heavy atom. The average Bonchev–Trinajstić information content (AvgIpc) is 2.72. The zero-order valence-corrected chi connectivity index (χ0v) is 15.1. The smallest absolute Gasteiger partial charge is 0.283 e. The van der Waals surface area contributed by atoms with Crippen LogP contribution in [0.1, 0.15) is 29.0 Å². The minimum absolute atomic E-state index is 0.00316. The average molecular weight is 369 g/mol. The number of methoxy groups -OCH3 is 1. The van der Waals surface area contributed by atoms with Crippen LogP contribution in [0.3, 0.4) is 0 Å². The van der Waals surface area contributed by atoms with Crippen LogP contribution in [-0.4, -0.2) is 24.4 Å². The van der Waals surface area contributed by atoms with Gasteiger partial charge in [-0.1, -0.05) is 36.4 Å². The fourth-order valence-corrected chi connectivity index (χ4v) is 2.94. The van der Waals surface area contributed by atoms with Crippen molar-refractivity contribution in [2.45, 2.75) is 31.8 Å². The number of nitrogens with two attached hydrogens (primary N) is 1. The van der Waals surface area contributed by atoms with E-state index < -0.39 is 12.2 Å². The summed E-state index contributed by atoms with van der Waals surface area (Å²) in [5, 5.41) is 9.10. The second-order valence-corrected chi connectivity index (χ2v) is 6.34. The number of allylic oxidation sites excluding steroid dienone is 1. The third kappa shape index (κ3) is 4.87. The third-order valence-corrected chi connectivity index (χ3v) is 4.49. The van der Waals surface area contributed by atoms with Crippen molar-refractivity contribution in [3.63, 3.8) is 0 Å². The van der Waals surface area contributed by atoms with Gasteiger partial charge in [0.1, 0.15) is 5.75 Å². The maximum Gasteiger partial charge on any atom is 0.283 e. The zero-order chi connectivity index (χ0) is 19.2. The van der Waals surface area contributed by atoms with E-state index in [4.69, 9.17) is 25.1 Å². The van der Waals surface area contributed by atoms with E-state index in [-0.39, 0.29) is 18.3 Å². The predicted molar refractivity (Wildman–Crippen MR) is 99.7 cm³/mol. The lowest BCUT2D eigenvalue weighted by Gasteiger charge is -2.28. The molecule has 27 heavy (non-hydrogen) atoms. The van der Waals surface area contributed by atoms with E-state index in [9.17, 15) is 4.79 Å². The maximum absolute atomic E-state index is 11.7. The van der Waals surface area contributed by atoms with Crippen LogP contribution in [0.4, 0.5) is 0 Å². The highest BCUT2D eigenvalue weighted by molar-refractivity contribution is 5.90. The Bertz CT molecular complexity index is 798. The number of hydrogen-bond acceptors (Lipinski definition) is 5. The molecule has 0 saturated carbocycles. The molecule has 6 heteroatoms. The third-order valence-electron chi connectivity index (χ3n) is 4.49. The summed E-state index contributed by atoms with van der Waals surface area (Å²) >= 11 is 0. The summed E-state index contributed by atoms with van der Waals surface area (Å²) in [6.45, 7) is 0.334. The van der Waals surface area contributed by atoms with Gasteiger partial charge in [-0.2, -0.15) is 0 Å². The summed E-state index contributed by atoms with van der Waals surface area (Å²) in [5.41, 5.74) is 8.24. The van der Waals surface area contributed by atoms with Crippen LogP contribution in [0.25, 0.3) is 0 Å². The molecule has 0 saturated heterocycles. The molecule has 2 aromatic carbocycles. The maximum atomic E-state index is 11.7. The normalized spacial score (nSPS) is 19.1. The van der Waals surface area contributed by atoms with Crippen molar-refractivity contribution in [3.8, 4) is 5.75 Å². The number of carbonyl (C=O) groups is 1. The van der Waals surface area contributed by atoms with E-state index in [0.717, 1.165) is 22.4 Å². The van der Waals surface area contributed by atoms with Gasteiger partial charge in [-0.3, -0.25) is 4.79 Å². The van der Waals surface area contributed by atoms with E-state index >= 15 is 0 Å². The van der Waals surface area contributed by atoms with E-state index in [1.807, 2.05) is 48.5 Å². The van der Waals surface area contributed by atoms with Gasteiger partial charge in [0.05, 0.1) is 20.3 Å². The lowest BCUT2D eigenvalue weighted by molar-refractivity contribution is -0.148. The molecular formula is C21H23NO5. The molecule has 2 aromatic rings. The molecule has 0 spiro atoms. The molecule has 3 N–H and O–H groups in total. The first kappa shape index (κ1) is 18.9. The summed E-state index contributed by atoms with van der Waals surface area (Å²) < 4.78 is 16.7. The van der Waals surface area contributed by atoms with Gasteiger partial charge in [-0.25, -0.2) is 0 Å². The van der Waals surface area contributed by atoms with Gasteiger partial charge < -0.3 is 25.1 Å². The van der Waals surface area contributed by atoms with Crippen molar-refractivity contribution in [3.05, 3.63) is 77.1 Å². The fraction of sp³-hybridized carbons (Fsp3) is 0.286. The van der Waals surface area contributed by atoms with Crippen molar-refractivity contribution in [2.24, 2.45) is 5.73 Å². The van der Waals surface area contributed by atoms with Crippen LogP contribution in [0, 0.1) is 0 Å². The van der Waals surface area contributed by atoms with Crippen LogP contribution >= 0.6 is 0 Å². The quantitative estimate of drug-likeness (QED) is 0.783. The predicted octanol–water partition coefficient (Wildman–Crippen LogP) is 2.60. The van der Waals surface area contributed by atoms with E-state index in [1.165, 1.54) is 0 Å². The minimum Gasteiger partial charge on any atom is -0.497 e. The molecule has 0 aliphatic carbocycles. The highest BCUT2D eigenvalue weighted by Crippen LogP contribution is 2.32. The number of ether oxygens (including phenoxy) is 3. The number of aliphatic hydroxyl groups is 1. The standard InChI is InChI=1S/C21H23NO5/c1-25-18-8-6-16(7-9-18)17-10-19(21(22)24)27-20(11-17)26-13-15-4-2-14(12-23)3-5-15/h2-10,17,20,23H,11-13H2,1H3,(H2,22,24)/t17-,20+/m1/s1. The van der Waals surface area contributed by atoms with Gasteiger partial charge in [-0.15, -0.1) is 0 Å². The molecule has 1 heterocycles. The molecule has 6 nitrogen and oxygen atoms in total. The van der Waals surface area contributed by atoms with Crippen molar-refractivity contribution in [2.75, 3.05) is 7.11 Å². The zero-order valence-electron chi connectivity index (χ0n) is 15.1. The highest BCUT2D eigenvalue weighted by Gasteiger charge is 2.27. The van der Waals surface area contributed by atoms with Gasteiger partial charge in [0, 0.05) is 12.3 Å². The Balaban J connectivity index is 1.70. The monoisotopic (exact) mass is 369 g/mol. The number of amides is 1. The first-order valence-corrected chi connectivity index (χ1v) is 8.71. The molecule has 0 unspecified atom stereocenters. The largest absolute Gasteiger partial charge is 0.497 e. The summed E-state index contributed by atoms with van der Waals surface area (Å²) in [6, 6.07) is 15.1. The number of rotatable bonds is 7. The van der Waals surface area contributed by atoms with Crippen LogP contribution in [0.2, 0.25) is 0 Å². The second kappa shape index (κ2) is 8.70. The van der Waals surface area contributed by atoms with E-state index in [1.54, 1.807) is 13.2 Å². The first-order valence-electron chi connectivity index (χ1n) is 8.71. The lowest BCUT2D eigenvalue weighted by atomic mass is 9.93. The topological polar surface area (TPSA) is 91.0 Å². The summed E-state index contributed by atoms with van der Waals surface area (Å²) in [4.78, 5) is 11.7. The lowest BCUT2D eigenvalue weighted by Crippen LogP contribution is -2.29.